The van der Waals surface area contributed by atoms with Gasteiger partial charge in [0.2, 0.25) is 5.91 Å². The van der Waals surface area contributed by atoms with Crippen molar-refractivity contribution in [3.8, 4) is 0 Å². The maximum Gasteiger partial charge on any atom is 0.254 e. The van der Waals surface area contributed by atoms with E-state index in [1.165, 1.54) is 6.07 Å². The third-order valence-electron chi connectivity index (χ3n) is 5.77. The van der Waals surface area contributed by atoms with Crippen molar-refractivity contribution in [2.75, 3.05) is 39.3 Å². The first-order valence-corrected chi connectivity index (χ1v) is 9.64. The Morgan fingerprint density at radius 1 is 0.963 bits per heavy atom. The summed E-state index contributed by atoms with van der Waals surface area (Å²) >= 11 is 0. The molecule has 5 nitrogen and oxygen atoms in total. The van der Waals surface area contributed by atoms with Crippen LogP contribution in [0.1, 0.15) is 37.0 Å². The van der Waals surface area contributed by atoms with Crippen molar-refractivity contribution in [2.45, 2.75) is 32.7 Å². The number of halogens is 2. The van der Waals surface area contributed by atoms with E-state index >= 15 is 0 Å². The molecule has 2 amide bonds. The normalized spacial score (nSPS) is 20.6. The fourth-order valence-electron chi connectivity index (χ4n) is 3.77. The van der Waals surface area contributed by atoms with Crippen molar-refractivity contribution in [1.82, 2.24) is 14.7 Å². The molecule has 0 N–H and O–H groups in total. The Morgan fingerprint density at radius 3 is 2.19 bits per heavy atom. The number of carbonyl (C=O) groups excluding carboxylic acids is 2. The van der Waals surface area contributed by atoms with Crippen LogP contribution in [-0.2, 0) is 4.79 Å². The number of carbonyl (C=O) groups is 2. The molecule has 2 aliphatic heterocycles. The molecule has 7 heteroatoms. The molecule has 148 valence electrons. The number of amides is 2. The Hall–Kier alpha value is -2.02. The van der Waals surface area contributed by atoms with Crippen LogP contribution in [0.2, 0.25) is 0 Å². The van der Waals surface area contributed by atoms with E-state index in [0.717, 1.165) is 38.1 Å². The fraction of sp³-hybridized carbons (Fsp3) is 0.600. The van der Waals surface area contributed by atoms with E-state index in [9.17, 15) is 18.4 Å². The summed E-state index contributed by atoms with van der Waals surface area (Å²) < 4.78 is 26.4. The highest BCUT2D eigenvalue weighted by Gasteiger charge is 2.31. The molecule has 0 spiro atoms. The zero-order valence-electron chi connectivity index (χ0n) is 16.0. The van der Waals surface area contributed by atoms with Gasteiger partial charge in [0.15, 0.2) is 11.6 Å². The molecule has 0 aliphatic carbocycles. The lowest BCUT2D eigenvalue weighted by Gasteiger charge is -2.40. The summed E-state index contributed by atoms with van der Waals surface area (Å²) in [7, 11) is 0. The summed E-state index contributed by atoms with van der Waals surface area (Å²) in [5, 5.41) is 0. The number of likely N-dealkylation sites (tertiary alicyclic amines) is 1. The lowest BCUT2D eigenvalue weighted by Crippen LogP contribution is -2.56. The highest BCUT2D eigenvalue weighted by atomic mass is 19.2. The number of piperazine rings is 1. The highest BCUT2D eigenvalue weighted by molar-refractivity contribution is 5.94. The number of benzene rings is 1. The summed E-state index contributed by atoms with van der Waals surface area (Å²) in [5.41, 5.74) is 0.147. The minimum Gasteiger partial charge on any atom is -0.341 e. The molecule has 0 bridgehead atoms. The quantitative estimate of drug-likeness (QED) is 0.810. The largest absolute Gasteiger partial charge is 0.341 e. The van der Waals surface area contributed by atoms with Crippen molar-refractivity contribution < 1.29 is 18.4 Å². The molecule has 2 heterocycles. The zero-order valence-corrected chi connectivity index (χ0v) is 16.0. The lowest BCUT2D eigenvalue weighted by molar-refractivity contribution is -0.138. The number of nitrogens with zero attached hydrogens (tertiary/aromatic N) is 3. The van der Waals surface area contributed by atoms with Gasteiger partial charge in [-0.25, -0.2) is 8.78 Å². The van der Waals surface area contributed by atoms with Crippen molar-refractivity contribution >= 4 is 11.8 Å². The zero-order chi connectivity index (χ0) is 19.6. The number of rotatable bonds is 3. The monoisotopic (exact) mass is 379 g/mol. The maximum absolute atomic E-state index is 13.4. The van der Waals surface area contributed by atoms with Gasteiger partial charge in [0, 0.05) is 44.8 Å². The van der Waals surface area contributed by atoms with Gasteiger partial charge < -0.3 is 9.80 Å². The van der Waals surface area contributed by atoms with Gasteiger partial charge >= 0.3 is 0 Å². The first kappa shape index (κ1) is 19.7. The maximum atomic E-state index is 13.4. The van der Waals surface area contributed by atoms with Crippen LogP contribution in [0.15, 0.2) is 18.2 Å². The first-order chi connectivity index (χ1) is 12.9. The molecule has 27 heavy (non-hydrogen) atoms. The fourth-order valence-corrected chi connectivity index (χ4v) is 3.77. The summed E-state index contributed by atoms with van der Waals surface area (Å²) in [5.74, 6) is -1.46. The lowest BCUT2D eigenvalue weighted by atomic mass is 9.98. The number of piperidine rings is 1. The predicted octanol–water partition coefficient (Wildman–Crippen LogP) is 2.37. The molecule has 2 saturated heterocycles. The van der Waals surface area contributed by atoms with Crippen LogP contribution in [0.4, 0.5) is 8.78 Å². The van der Waals surface area contributed by atoms with E-state index in [4.69, 9.17) is 0 Å². The van der Waals surface area contributed by atoms with Crippen LogP contribution in [0.25, 0.3) is 0 Å². The Morgan fingerprint density at radius 2 is 1.59 bits per heavy atom. The molecule has 1 aromatic carbocycles. The molecule has 1 aromatic rings. The highest BCUT2D eigenvalue weighted by Crippen LogP contribution is 2.19. The summed E-state index contributed by atoms with van der Waals surface area (Å²) in [6.45, 7) is 7.89. The molecular weight excluding hydrogens is 352 g/mol. The Labute approximate surface area is 158 Å². The van der Waals surface area contributed by atoms with Crippen LogP contribution >= 0.6 is 0 Å². The van der Waals surface area contributed by atoms with Crippen molar-refractivity contribution in [3.63, 3.8) is 0 Å². The average molecular weight is 379 g/mol. The van der Waals surface area contributed by atoms with Gasteiger partial charge in [-0.1, -0.05) is 6.92 Å². The smallest absolute Gasteiger partial charge is 0.254 e. The predicted molar refractivity (Wildman–Crippen MR) is 98.3 cm³/mol. The van der Waals surface area contributed by atoms with Crippen molar-refractivity contribution in [3.05, 3.63) is 35.4 Å². The second-order valence-corrected chi connectivity index (χ2v) is 7.64. The van der Waals surface area contributed by atoms with Crippen molar-refractivity contribution in [1.29, 1.82) is 0 Å². The van der Waals surface area contributed by atoms with Gasteiger partial charge in [0.25, 0.3) is 5.91 Å². The molecule has 2 fully saturated rings. The van der Waals surface area contributed by atoms with Crippen molar-refractivity contribution in [2.24, 2.45) is 5.92 Å². The van der Waals surface area contributed by atoms with E-state index in [2.05, 4.69) is 11.8 Å². The number of hydrogen-bond donors (Lipinski definition) is 0. The van der Waals surface area contributed by atoms with Gasteiger partial charge in [0.1, 0.15) is 0 Å². The average Bonchev–Trinajstić information content (AvgIpc) is 2.69. The van der Waals surface area contributed by atoms with Crippen LogP contribution in [0, 0.1) is 17.6 Å². The minimum atomic E-state index is -1.02. The van der Waals surface area contributed by atoms with E-state index in [1.807, 2.05) is 11.8 Å². The van der Waals surface area contributed by atoms with E-state index < -0.39 is 11.6 Å². The van der Waals surface area contributed by atoms with Crippen LogP contribution in [0.3, 0.4) is 0 Å². The standard InChI is InChI=1S/C20H27F2N3O2/c1-14-5-7-24(8-6-14)19(26)15(2)23-9-11-25(12-10-23)20(27)16-3-4-17(21)18(22)13-16/h3-4,13-15H,5-12H2,1-2H3. The Kier molecular flexibility index (Phi) is 6.09. The SMILES string of the molecule is CC1CCN(C(=O)C(C)N2CCN(C(=O)c3ccc(F)c(F)c3)CC2)CC1. The summed E-state index contributed by atoms with van der Waals surface area (Å²) in [6.07, 6.45) is 2.10. The second-order valence-electron chi connectivity index (χ2n) is 7.64. The third kappa shape index (κ3) is 4.46. The van der Waals surface area contributed by atoms with E-state index in [-0.39, 0.29) is 23.4 Å². The summed E-state index contributed by atoms with van der Waals surface area (Å²) in [4.78, 5) is 30.9. The molecule has 0 saturated carbocycles. The first-order valence-electron chi connectivity index (χ1n) is 9.64. The molecule has 1 atom stereocenters. The van der Waals surface area contributed by atoms with Crippen LogP contribution in [0.5, 0.6) is 0 Å². The second kappa shape index (κ2) is 8.33. The van der Waals surface area contributed by atoms with E-state index in [0.29, 0.717) is 32.1 Å². The van der Waals surface area contributed by atoms with Gasteiger partial charge in [-0.05, 0) is 43.9 Å². The van der Waals surface area contributed by atoms with Crippen LogP contribution in [-0.4, -0.2) is 71.8 Å². The molecule has 0 aromatic heterocycles. The van der Waals surface area contributed by atoms with Gasteiger partial charge in [-0.2, -0.15) is 0 Å². The van der Waals surface area contributed by atoms with Crippen LogP contribution < -0.4 is 0 Å². The Bertz CT molecular complexity index is 696. The topological polar surface area (TPSA) is 43.9 Å². The molecular formula is C20H27F2N3O2. The minimum absolute atomic E-state index is 0.147. The number of hydrogen-bond acceptors (Lipinski definition) is 3. The van der Waals surface area contributed by atoms with Gasteiger partial charge in [-0.3, -0.25) is 14.5 Å². The molecule has 3 rings (SSSR count). The summed E-state index contributed by atoms with van der Waals surface area (Å²) in [6, 6.07) is 3.00. The van der Waals surface area contributed by atoms with Gasteiger partial charge in [0.05, 0.1) is 6.04 Å². The molecule has 1 unspecified atom stereocenters. The molecule has 0 radical (unpaired) electrons. The molecule has 2 aliphatic rings. The Balaban J connectivity index is 1.54. The third-order valence-corrected chi connectivity index (χ3v) is 5.77. The van der Waals surface area contributed by atoms with Gasteiger partial charge in [-0.15, -0.1) is 0 Å². The van der Waals surface area contributed by atoms with E-state index in [1.54, 1.807) is 4.90 Å².